The van der Waals surface area contributed by atoms with Gasteiger partial charge in [-0.05, 0) is 108 Å². The fourth-order valence-electron chi connectivity index (χ4n) is 9.14. The Bertz CT molecular complexity index is 2810. The van der Waals surface area contributed by atoms with E-state index in [0.29, 0.717) is 5.92 Å². The molecule has 3 aliphatic rings. The summed E-state index contributed by atoms with van der Waals surface area (Å²) >= 11 is 0. The Morgan fingerprint density at radius 1 is 0.639 bits per heavy atom. The van der Waals surface area contributed by atoms with E-state index >= 15 is 0 Å². The Morgan fingerprint density at radius 3 is 1.79 bits per heavy atom. The number of hydrogen-bond acceptors (Lipinski definition) is 4. The van der Waals surface area contributed by atoms with Crippen molar-refractivity contribution in [3.8, 4) is 34.1 Å². The number of anilines is 5. The summed E-state index contributed by atoms with van der Waals surface area (Å²) in [5, 5.41) is 0. The predicted octanol–water partition coefficient (Wildman–Crippen LogP) is 13.5. The van der Waals surface area contributed by atoms with Gasteiger partial charge in [0.15, 0.2) is 0 Å². The monoisotopic (exact) mass is 790 g/mol. The SMILES string of the molecule is C/C=C(\C=C/CC)N(c1ccccc1)c1ccc2c(c1)Oc1c(-c3ccccc3)cc(C3=CC=CCC3C)c3c1B2c1ccc(N(c2ccccc2)c2ccccc2)cc1O3. The van der Waals surface area contributed by atoms with Crippen molar-refractivity contribution < 1.29 is 9.47 Å². The average molecular weight is 791 g/mol. The minimum atomic E-state index is -0.147. The number of benzene rings is 7. The number of fused-ring (bicyclic) bond motifs is 4. The fraction of sp³-hybridized carbons (Fsp3) is 0.107. The van der Waals surface area contributed by atoms with Crippen LogP contribution in [0.15, 0.2) is 206 Å². The number of ether oxygens (including phenoxy) is 2. The molecular weight excluding hydrogens is 743 g/mol. The second kappa shape index (κ2) is 16.4. The van der Waals surface area contributed by atoms with E-state index in [1.165, 1.54) is 5.57 Å². The fourth-order valence-corrected chi connectivity index (χ4v) is 9.14. The van der Waals surface area contributed by atoms with Crippen molar-refractivity contribution in [2.75, 3.05) is 9.80 Å². The molecule has 61 heavy (non-hydrogen) atoms. The summed E-state index contributed by atoms with van der Waals surface area (Å²) in [5.41, 5.74) is 14.2. The Hall–Kier alpha value is -7.24. The van der Waals surface area contributed by atoms with Crippen LogP contribution < -0.4 is 35.7 Å². The van der Waals surface area contributed by atoms with E-state index < -0.39 is 0 Å². The summed E-state index contributed by atoms with van der Waals surface area (Å²) in [7, 11) is 0. The maximum atomic E-state index is 7.33. The second-order valence-corrected chi connectivity index (χ2v) is 15.9. The average Bonchev–Trinajstić information content (AvgIpc) is 3.31. The molecule has 0 radical (unpaired) electrons. The summed E-state index contributed by atoms with van der Waals surface area (Å²) in [6.07, 6.45) is 15.2. The van der Waals surface area contributed by atoms with Crippen LogP contribution in [0.1, 0.15) is 39.2 Å². The second-order valence-electron chi connectivity index (χ2n) is 15.9. The smallest absolute Gasteiger partial charge is 0.260 e. The number of hydrogen-bond donors (Lipinski definition) is 0. The Balaban J connectivity index is 1.22. The lowest BCUT2D eigenvalue weighted by molar-refractivity contribution is 0.464. The van der Waals surface area contributed by atoms with Crippen molar-refractivity contribution in [2.45, 2.75) is 33.6 Å². The molecular formula is C56H47BN2O2. The van der Waals surface area contributed by atoms with Gasteiger partial charge in [-0.15, -0.1) is 0 Å². The van der Waals surface area contributed by atoms with Gasteiger partial charge in [-0.25, -0.2) is 0 Å². The number of para-hydroxylation sites is 3. The van der Waals surface area contributed by atoms with Crippen LogP contribution in [0.4, 0.5) is 28.4 Å². The predicted molar refractivity (Wildman–Crippen MR) is 257 cm³/mol. The van der Waals surface area contributed by atoms with E-state index in [1.54, 1.807) is 0 Å². The van der Waals surface area contributed by atoms with Gasteiger partial charge in [-0.2, -0.15) is 0 Å². The van der Waals surface area contributed by atoms with E-state index in [2.05, 4.69) is 231 Å². The molecule has 2 heterocycles. The molecule has 2 aliphatic heterocycles. The van der Waals surface area contributed by atoms with E-state index in [1.807, 2.05) is 0 Å². The van der Waals surface area contributed by atoms with Gasteiger partial charge in [0.1, 0.15) is 23.0 Å². The van der Waals surface area contributed by atoms with Crippen molar-refractivity contribution in [3.63, 3.8) is 0 Å². The molecule has 0 saturated carbocycles. The normalized spacial score (nSPS) is 14.9. The Kier molecular flexibility index (Phi) is 10.2. The molecule has 7 aromatic carbocycles. The Morgan fingerprint density at radius 2 is 1.20 bits per heavy atom. The third-order valence-corrected chi connectivity index (χ3v) is 12.1. The van der Waals surface area contributed by atoms with Gasteiger partial charge in [0.2, 0.25) is 0 Å². The zero-order valence-electron chi connectivity index (χ0n) is 34.8. The van der Waals surface area contributed by atoms with Gasteiger partial charge in [0, 0.05) is 62.9 Å². The minimum absolute atomic E-state index is 0.147. The van der Waals surface area contributed by atoms with Crippen LogP contribution >= 0.6 is 0 Å². The van der Waals surface area contributed by atoms with Gasteiger partial charge >= 0.3 is 0 Å². The molecule has 0 fully saturated rings. The van der Waals surface area contributed by atoms with E-state index in [4.69, 9.17) is 9.47 Å². The van der Waals surface area contributed by atoms with Crippen molar-refractivity contribution in [2.24, 2.45) is 5.92 Å². The lowest BCUT2D eigenvalue weighted by Gasteiger charge is -2.37. The van der Waals surface area contributed by atoms with Crippen molar-refractivity contribution in [3.05, 3.63) is 212 Å². The van der Waals surface area contributed by atoms with Crippen molar-refractivity contribution in [1.29, 1.82) is 0 Å². The zero-order valence-corrected chi connectivity index (χ0v) is 34.8. The minimum Gasteiger partial charge on any atom is -0.458 e. The molecule has 296 valence electrons. The van der Waals surface area contributed by atoms with Crippen LogP contribution in [0, 0.1) is 5.92 Å². The highest BCUT2D eigenvalue weighted by Gasteiger charge is 2.43. The summed E-state index contributed by atoms with van der Waals surface area (Å²) in [6.45, 7) is 6.44. The summed E-state index contributed by atoms with van der Waals surface area (Å²) in [6, 6.07) is 58.2. The first kappa shape index (κ1) is 38.0. The van der Waals surface area contributed by atoms with Gasteiger partial charge in [0.25, 0.3) is 6.71 Å². The lowest BCUT2D eigenvalue weighted by atomic mass is 9.34. The highest BCUT2D eigenvalue weighted by molar-refractivity contribution is 6.98. The van der Waals surface area contributed by atoms with Crippen LogP contribution in [0.3, 0.4) is 0 Å². The molecule has 5 heteroatoms. The quantitative estimate of drug-likeness (QED) is 0.102. The molecule has 0 amide bonds. The number of nitrogens with zero attached hydrogens (tertiary/aromatic N) is 2. The zero-order chi connectivity index (χ0) is 41.3. The Labute approximate surface area is 360 Å². The third kappa shape index (κ3) is 6.96. The van der Waals surface area contributed by atoms with Crippen LogP contribution in [-0.2, 0) is 0 Å². The maximum absolute atomic E-state index is 7.33. The van der Waals surface area contributed by atoms with Crippen LogP contribution in [0.2, 0.25) is 0 Å². The molecule has 7 aromatic rings. The molecule has 1 unspecified atom stereocenters. The molecule has 0 spiro atoms. The molecule has 1 aliphatic carbocycles. The van der Waals surface area contributed by atoms with Crippen LogP contribution in [0.25, 0.3) is 16.7 Å². The van der Waals surface area contributed by atoms with Crippen LogP contribution in [-0.4, -0.2) is 6.71 Å². The van der Waals surface area contributed by atoms with Gasteiger partial charge in [-0.1, -0.05) is 141 Å². The molecule has 0 saturated heterocycles. The number of rotatable bonds is 10. The number of allylic oxidation sites excluding steroid dienone is 7. The van der Waals surface area contributed by atoms with Crippen LogP contribution in [0.5, 0.6) is 23.0 Å². The summed E-state index contributed by atoms with van der Waals surface area (Å²) in [5.74, 6) is 3.70. The lowest BCUT2D eigenvalue weighted by Crippen LogP contribution is -2.57. The molecule has 1 atom stereocenters. The molecule has 4 nitrogen and oxygen atoms in total. The molecule has 0 aromatic heterocycles. The van der Waals surface area contributed by atoms with Crippen molar-refractivity contribution in [1.82, 2.24) is 0 Å². The highest BCUT2D eigenvalue weighted by atomic mass is 16.5. The third-order valence-electron chi connectivity index (χ3n) is 12.1. The van der Waals surface area contributed by atoms with E-state index in [9.17, 15) is 0 Å². The van der Waals surface area contributed by atoms with Gasteiger partial charge in [0.05, 0.1) is 0 Å². The maximum Gasteiger partial charge on any atom is 0.260 e. The summed E-state index contributed by atoms with van der Waals surface area (Å²) in [4.78, 5) is 4.61. The van der Waals surface area contributed by atoms with Gasteiger partial charge in [-0.3, -0.25) is 0 Å². The highest BCUT2D eigenvalue weighted by Crippen LogP contribution is 2.48. The van der Waals surface area contributed by atoms with E-state index in [0.717, 1.165) is 103 Å². The first-order valence-corrected chi connectivity index (χ1v) is 21.5. The molecule has 0 bridgehead atoms. The molecule has 10 rings (SSSR count). The first-order chi connectivity index (χ1) is 30.1. The van der Waals surface area contributed by atoms with Gasteiger partial charge < -0.3 is 19.3 Å². The first-order valence-electron chi connectivity index (χ1n) is 21.5. The largest absolute Gasteiger partial charge is 0.458 e. The molecule has 0 N–H and O–H groups in total. The topological polar surface area (TPSA) is 24.9 Å². The van der Waals surface area contributed by atoms with E-state index in [-0.39, 0.29) is 6.71 Å². The standard InChI is InChI=1S/C56H47BN2O2/c1-4-6-24-41(5-2)58(42-25-13-8-14-26-42)45-32-34-50-52(36-45)60-55-48(40-22-11-7-12-23-40)38-49(47-31-20-19-21-39(47)3)56-54(55)57(50)51-35-33-46(37-53(51)61-56)59(43-27-15-9-16-28-43)44-29-17-10-18-30-44/h5-20,22-39H,4,21H2,1-3H3/b24-6-,41-5+. The van der Waals surface area contributed by atoms with Crippen molar-refractivity contribution >= 4 is 57.1 Å². The summed E-state index contributed by atoms with van der Waals surface area (Å²) < 4.78 is 14.6.